The van der Waals surface area contributed by atoms with E-state index in [-0.39, 0.29) is 18.2 Å². The second-order valence-corrected chi connectivity index (χ2v) is 6.31. The summed E-state index contributed by atoms with van der Waals surface area (Å²) in [6, 6.07) is 6.37. The number of hydrogen-bond donors (Lipinski definition) is 1. The number of benzene rings is 1. The summed E-state index contributed by atoms with van der Waals surface area (Å²) in [7, 11) is 0. The van der Waals surface area contributed by atoms with Crippen LogP contribution in [-0.2, 0) is 17.8 Å². The van der Waals surface area contributed by atoms with Gasteiger partial charge >= 0.3 is 5.97 Å². The molecule has 4 nitrogen and oxygen atoms in total. The van der Waals surface area contributed by atoms with Crippen LogP contribution in [0.1, 0.15) is 38.2 Å². The van der Waals surface area contributed by atoms with Crippen molar-refractivity contribution in [2.45, 2.75) is 49.6 Å². The summed E-state index contributed by atoms with van der Waals surface area (Å²) in [6.07, 6.45) is -0.114. The molecular formula is C16H19FN2O2S. The molecule has 0 radical (unpaired) electrons. The molecule has 0 aliphatic carbocycles. The lowest BCUT2D eigenvalue weighted by molar-refractivity contribution is -0.136. The van der Waals surface area contributed by atoms with Crippen molar-refractivity contribution in [2.75, 3.05) is 0 Å². The lowest BCUT2D eigenvalue weighted by Gasteiger charge is -2.11. The monoisotopic (exact) mass is 322 g/mol. The van der Waals surface area contributed by atoms with Gasteiger partial charge in [0.15, 0.2) is 0 Å². The van der Waals surface area contributed by atoms with Crippen LogP contribution in [0.4, 0.5) is 4.39 Å². The van der Waals surface area contributed by atoms with Crippen LogP contribution >= 0.6 is 11.8 Å². The molecule has 22 heavy (non-hydrogen) atoms. The lowest BCUT2D eigenvalue weighted by Crippen LogP contribution is -2.09. The van der Waals surface area contributed by atoms with Gasteiger partial charge in [-0.25, -0.2) is 9.37 Å². The van der Waals surface area contributed by atoms with E-state index in [0.29, 0.717) is 12.4 Å². The Bertz CT molecular complexity index is 683. The minimum atomic E-state index is -0.905. The summed E-state index contributed by atoms with van der Waals surface area (Å²) in [5, 5.41) is 9.93. The van der Waals surface area contributed by atoms with Crippen LogP contribution < -0.4 is 0 Å². The average molecular weight is 322 g/mol. The van der Waals surface area contributed by atoms with Crippen molar-refractivity contribution in [3.63, 3.8) is 0 Å². The zero-order chi connectivity index (χ0) is 16.3. The molecule has 0 saturated carbocycles. The SMILES string of the molecule is CCn1c(CC(=O)O)nc(C(C)C)c1Sc1cccc(F)c1. The average Bonchev–Trinajstić information content (AvgIpc) is 2.75. The highest BCUT2D eigenvalue weighted by molar-refractivity contribution is 7.99. The Morgan fingerprint density at radius 3 is 2.73 bits per heavy atom. The van der Waals surface area contributed by atoms with Crippen molar-refractivity contribution in [3.05, 3.63) is 41.6 Å². The molecule has 0 atom stereocenters. The van der Waals surface area contributed by atoms with Gasteiger partial charge in [0.25, 0.3) is 0 Å². The van der Waals surface area contributed by atoms with Crippen LogP contribution in [0.2, 0.25) is 0 Å². The van der Waals surface area contributed by atoms with Gasteiger partial charge in [0, 0.05) is 11.4 Å². The van der Waals surface area contributed by atoms with Gasteiger partial charge in [-0.2, -0.15) is 0 Å². The molecule has 0 saturated heterocycles. The van der Waals surface area contributed by atoms with Crippen molar-refractivity contribution in [3.8, 4) is 0 Å². The summed E-state index contributed by atoms with van der Waals surface area (Å²) in [5.41, 5.74) is 0.854. The largest absolute Gasteiger partial charge is 0.481 e. The minimum absolute atomic E-state index is 0.114. The van der Waals surface area contributed by atoms with Gasteiger partial charge in [-0.3, -0.25) is 4.79 Å². The molecular weight excluding hydrogens is 303 g/mol. The molecule has 2 aromatic rings. The van der Waals surface area contributed by atoms with Crippen LogP contribution in [0.5, 0.6) is 0 Å². The van der Waals surface area contributed by atoms with Gasteiger partial charge in [-0.15, -0.1) is 0 Å². The number of nitrogens with zero attached hydrogens (tertiary/aromatic N) is 2. The highest BCUT2D eigenvalue weighted by Crippen LogP contribution is 2.35. The van der Waals surface area contributed by atoms with Crippen LogP contribution in [0.3, 0.4) is 0 Å². The first-order valence-electron chi connectivity index (χ1n) is 7.16. The van der Waals surface area contributed by atoms with E-state index < -0.39 is 5.97 Å². The number of aliphatic carboxylic acids is 1. The van der Waals surface area contributed by atoms with Crippen LogP contribution in [0.15, 0.2) is 34.2 Å². The topological polar surface area (TPSA) is 55.1 Å². The molecule has 0 spiro atoms. The fraction of sp³-hybridized carbons (Fsp3) is 0.375. The van der Waals surface area contributed by atoms with E-state index in [4.69, 9.17) is 5.11 Å². The Morgan fingerprint density at radius 2 is 2.18 bits per heavy atom. The summed E-state index contributed by atoms with van der Waals surface area (Å²) in [5.74, 6) is -0.490. The van der Waals surface area contributed by atoms with Crippen LogP contribution in [0, 0.1) is 5.82 Å². The molecule has 6 heteroatoms. The van der Waals surface area contributed by atoms with E-state index in [9.17, 15) is 9.18 Å². The van der Waals surface area contributed by atoms with Gasteiger partial charge in [0.1, 0.15) is 23.1 Å². The molecule has 1 aromatic carbocycles. The van der Waals surface area contributed by atoms with Crippen molar-refractivity contribution >= 4 is 17.7 Å². The second-order valence-electron chi connectivity index (χ2n) is 5.25. The van der Waals surface area contributed by atoms with Crippen LogP contribution in [-0.4, -0.2) is 20.6 Å². The van der Waals surface area contributed by atoms with Gasteiger partial charge in [-0.1, -0.05) is 31.7 Å². The molecule has 1 N–H and O–H groups in total. The maximum absolute atomic E-state index is 13.4. The number of carboxylic acid groups (broad SMARTS) is 1. The van der Waals surface area contributed by atoms with E-state index in [1.165, 1.54) is 23.9 Å². The summed E-state index contributed by atoms with van der Waals surface area (Å²) < 4.78 is 15.3. The Morgan fingerprint density at radius 1 is 1.45 bits per heavy atom. The van der Waals surface area contributed by atoms with Crippen molar-refractivity contribution in [2.24, 2.45) is 0 Å². The molecule has 0 aliphatic rings. The Hall–Kier alpha value is -1.82. The van der Waals surface area contributed by atoms with Crippen molar-refractivity contribution < 1.29 is 14.3 Å². The highest BCUT2D eigenvalue weighted by Gasteiger charge is 2.21. The van der Waals surface area contributed by atoms with E-state index >= 15 is 0 Å². The second kappa shape index (κ2) is 6.96. The predicted molar refractivity (Wildman–Crippen MR) is 83.9 cm³/mol. The van der Waals surface area contributed by atoms with Crippen molar-refractivity contribution in [1.82, 2.24) is 9.55 Å². The number of aromatic nitrogens is 2. The molecule has 0 aliphatic heterocycles. The summed E-state index contributed by atoms with van der Waals surface area (Å²) in [4.78, 5) is 16.3. The third-order valence-electron chi connectivity index (χ3n) is 3.21. The first-order valence-corrected chi connectivity index (χ1v) is 7.98. The third kappa shape index (κ3) is 3.68. The number of rotatable bonds is 6. The molecule has 2 rings (SSSR count). The Kier molecular flexibility index (Phi) is 5.24. The lowest BCUT2D eigenvalue weighted by atomic mass is 10.1. The van der Waals surface area contributed by atoms with Gasteiger partial charge in [0.2, 0.25) is 0 Å². The third-order valence-corrected chi connectivity index (χ3v) is 4.32. The van der Waals surface area contributed by atoms with E-state index in [1.54, 1.807) is 6.07 Å². The first-order chi connectivity index (χ1) is 10.4. The molecule has 0 unspecified atom stereocenters. The fourth-order valence-corrected chi connectivity index (χ4v) is 3.50. The standard InChI is InChI=1S/C16H19FN2O2S/c1-4-19-13(9-14(20)21)18-15(10(2)3)16(19)22-12-7-5-6-11(17)8-12/h5-8,10H,4,9H2,1-3H3,(H,20,21). The molecule has 1 aromatic heterocycles. The number of hydrogen-bond acceptors (Lipinski definition) is 3. The van der Waals surface area contributed by atoms with Crippen LogP contribution in [0.25, 0.3) is 0 Å². The number of halogens is 1. The number of carbonyl (C=O) groups is 1. The molecule has 1 heterocycles. The zero-order valence-corrected chi connectivity index (χ0v) is 13.7. The van der Waals surface area contributed by atoms with E-state index in [0.717, 1.165) is 15.6 Å². The van der Waals surface area contributed by atoms with Gasteiger partial charge < -0.3 is 9.67 Å². The Balaban J connectivity index is 2.47. The predicted octanol–water partition coefficient (Wildman–Crippen LogP) is 3.94. The summed E-state index contributed by atoms with van der Waals surface area (Å²) >= 11 is 1.42. The number of imidazole rings is 1. The molecule has 118 valence electrons. The number of carboxylic acids is 1. The summed E-state index contributed by atoms with van der Waals surface area (Å²) in [6.45, 7) is 6.61. The quantitative estimate of drug-likeness (QED) is 0.875. The first kappa shape index (κ1) is 16.5. The highest BCUT2D eigenvalue weighted by atomic mass is 32.2. The fourth-order valence-electron chi connectivity index (χ4n) is 2.22. The molecule has 0 fully saturated rings. The van der Waals surface area contributed by atoms with Gasteiger partial charge in [0.05, 0.1) is 5.69 Å². The molecule has 0 bridgehead atoms. The van der Waals surface area contributed by atoms with E-state index in [2.05, 4.69) is 4.98 Å². The normalized spacial score (nSPS) is 11.1. The maximum atomic E-state index is 13.4. The zero-order valence-electron chi connectivity index (χ0n) is 12.8. The van der Waals surface area contributed by atoms with Crippen molar-refractivity contribution in [1.29, 1.82) is 0 Å². The van der Waals surface area contributed by atoms with Gasteiger partial charge in [-0.05, 0) is 31.0 Å². The smallest absolute Gasteiger partial charge is 0.311 e. The maximum Gasteiger partial charge on any atom is 0.311 e. The molecule has 0 amide bonds. The minimum Gasteiger partial charge on any atom is -0.481 e. The Labute approximate surface area is 133 Å². The van der Waals surface area contributed by atoms with E-state index in [1.807, 2.05) is 31.4 Å².